The minimum Gasteiger partial charge on any atom is -0.481 e. The normalized spacial score (nSPS) is 20.1. The molecule has 0 aliphatic carbocycles. The van der Waals surface area contributed by atoms with Gasteiger partial charge in [-0.05, 0) is 0 Å². The first kappa shape index (κ1) is 15.3. The fraction of sp³-hybridized carbons (Fsp3) is 0.833. The molecule has 1 amide bonds. The number of amides is 1. The number of hydrogen-bond acceptors (Lipinski definition) is 4. The van der Waals surface area contributed by atoms with E-state index in [0.717, 1.165) is 31.1 Å². The molecule has 1 aliphatic rings. The van der Waals surface area contributed by atoms with Crippen molar-refractivity contribution in [3.05, 3.63) is 0 Å². The molecule has 0 aromatic carbocycles. The minimum absolute atomic E-state index is 0.170. The van der Waals surface area contributed by atoms with Gasteiger partial charge in [-0.25, -0.2) is 0 Å². The summed E-state index contributed by atoms with van der Waals surface area (Å²) >= 11 is 1.96. The van der Waals surface area contributed by atoms with Crippen LogP contribution in [-0.2, 0) is 9.59 Å². The summed E-state index contributed by atoms with van der Waals surface area (Å²) in [5, 5.41) is 11.7. The standard InChI is InChI=1S/C12H22N2O3S/c1-9(10(2)12(16)17)11(15)13-3-4-14-5-7-18-8-6-14/h9-10H,3-8H2,1-2H3,(H,13,15)(H,16,17). The van der Waals surface area contributed by atoms with Gasteiger partial charge in [-0.15, -0.1) is 0 Å². The fourth-order valence-corrected chi connectivity index (χ4v) is 2.74. The molecule has 1 heterocycles. The van der Waals surface area contributed by atoms with E-state index in [1.165, 1.54) is 0 Å². The summed E-state index contributed by atoms with van der Waals surface area (Å²) in [5.41, 5.74) is 0. The van der Waals surface area contributed by atoms with Gasteiger partial charge < -0.3 is 10.4 Å². The summed E-state index contributed by atoms with van der Waals surface area (Å²) < 4.78 is 0. The molecule has 1 saturated heterocycles. The molecule has 0 saturated carbocycles. The lowest BCUT2D eigenvalue weighted by Crippen LogP contribution is -2.41. The largest absolute Gasteiger partial charge is 0.481 e. The number of thioether (sulfide) groups is 1. The van der Waals surface area contributed by atoms with Gasteiger partial charge in [0.25, 0.3) is 0 Å². The average Bonchev–Trinajstić information content (AvgIpc) is 2.38. The van der Waals surface area contributed by atoms with Gasteiger partial charge in [-0.2, -0.15) is 11.8 Å². The Hall–Kier alpha value is -0.750. The number of aliphatic carboxylic acids is 1. The lowest BCUT2D eigenvalue weighted by atomic mass is 9.95. The molecular weight excluding hydrogens is 252 g/mol. The van der Waals surface area contributed by atoms with E-state index >= 15 is 0 Å². The quantitative estimate of drug-likeness (QED) is 0.738. The smallest absolute Gasteiger partial charge is 0.307 e. The highest BCUT2D eigenvalue weighted by atomic mass is 32.2. The summed E-state index contributed by atoms with van der Waals surface area (Å²) in [6.45, 7) is 6.81. The van der Waals surface area contributed by atoms with Crippen LogP contribution in [0.25, 0.3) is 0 Å². The molecule has 2 N–H and O–H groups in total. The highest BCUT2D eigenvalue weighted by molar-refractivity contribution is 7.99. The summed E-state index contributed by atoms with van der Waals surface area (Å²) in [6.07, 6.45) is 0. The number of hydrogen-bond donors (Lipinski definition) is 2. The van der Waals surface area contributed by atoms with Crippen molar-refractivity contribution in [2.24, 2.45) is 11.8 Å². The average molecular weight is 274 g/mol. The summed E-state index contributed by atoms with van der Waals surface area (Å²) in [4.78, 5) is 24.8. The van der Waals surface area contributed by atoms with Crippen molar-refractivity contribution >= 4 is 23.6 Å². The van der Waals surface area contributed by atoms with Crippen molar-refractivity contribution in [2.75, 3.05) is 37.7 Å². The van der Waals surface area contributed by atoms with Crippen LogP contribution in [0.1, 0.15) is 13.8 Å². The van der Waals surface area contributed by atoms with E-state index in [2.05, 4.69) is 10.2 Å². The molecule has 0 bridgehead atoms. The van der Waals surface area contributed by atoms with Crippen molar-refractivity contribution in [3.63, 3.8) is 0 Å². The number of carboxylic acids is 1. The molecule has 0 aromatic rings. The van der Waals surface area contributed by atoms with Crippen LogP contribution in [0, 0.1) is 11.8 Å². The van der Waals surface area contributed by atoms with Crippen LogP contribution in [0.2, 0.25) is 0 Å². The number of rotatable bonds is 6. The molecule has 0 spiro atoms. The molecular formula is C12H22N2O3S. The summed E-state index contributed by atoms with van der Waals surface area (Å²) in [6, 6.07) is 0. The van der Waals surface area contributed by atoms with Crippen LogP contribution in [0.3, 0.4) is 0 Å². The van der Waals surface area contributed by atoms with E-state index < -0.39 is 17.8 Å². The van der Waals surface area contributed by atoms with E-state index in [1.54, 1.807) is 13.8 Å². The van der Waals surface area contributed by atoms with Crippen LogP contribution < -0.4 is 5.32 Å². The topological polar surface area (TPSA) is 69.6 Å². The second kappa shape index (κ2) is 7.63. The highest BCUT2D eigenvalue weighted by Crippen LogP contribution is 2.11. The third-order valence-corrected chi connectivity index (χ3v) is 4.33. The first-order valence-electron chi connectivity index (χ1n) is 6.33. The third-order valence-electron chi connectivity index (χ3n) is 3.38. The third kappa shape index (κ3) is 4.86. The van der Waals surface area contributed by atoms with Crippen molar-refractivity contribution in [1.29, 1.82) is 0 Å². The summed E-state index contributed by atoms with van der Waals surface area (Å²) in [5.74, 6) is 0.0821. The number of carboxylic acid groups (broad SMARTS) is 1. The maximum Gasteiger partial charge on any atom is 0.307 e. The predicted molar refractivity (Wildman–Crippen MR) is 72.7 cm³/mol. The molecule has 5 nitrogen and oxygen atoms in total. The highest BCUT2D eigenvalue weighted by Gasteiger charge is 2.25. The van der Waals surface area contributed by atoms with Gasteiger partial charge in [0, 0.05) is 43.6 Å². The van der Waals surface area contributed by atoms with E-state index in [9.17, 15) is 9.59 Å². The Morgan fingerprint density at radius 1 is 1.28 bits per heavy atom. The molecule has 18 heavy (non-hydrogen) atoms. The number of carbonyl (C=O) groups excluding carboxylic acids is 1. The predicted octanol–water partition coefficient (Wildman–Crippen LogP) is 0.508. The van der Waals surface area contributed by atoms with E-state index in [-0.39, 0.29) is 5.91 Å². The Balaban J connectivity index is 2.21. The molecule has 1 aliphatic heterocycles. The maximum absolute atomic E-state index is 11.7. The number of nitrogens with zero attached hydrogens (tertiary/aromatic N) is 1. The first-order valence-corrected chi connectivity index (χ1v) is 7.48. The molecule has 104 valence electrons. The molecule has 2 unspecified atom stereocenters. The van der Waals surface area contributed by atoms with Crippen LogP contribution in [0.4, 0.5) is 0 Å². The molecule has 0 radical (unpaired) electrons. The molecule has 1 rings (SSSR count). The fourth-order valence-electron chi connectivity index (χ4n) is 1.76. The second-order valence-corrected chi connectivity index (χ2v) is 5.89. The SMILES string of the molecule is CC(C(=O)O)C(C)C(=O)NCCN1CCSCC1. The molecule has 2 atom stereocenters. The molecule has 1 fully saturated rings. The van der Waals surface area contributed by atoms with E-state index in [0.29, 0.717) is 6.54 Å². The van der Waals surface area contributed by atoms with Gasteiger partial charge in [0.05, 0.1) is 5.92 Å². The van der Waals surface area contributed by atoms with Gasteiger partial charge in [0.15, 0.2) is 0 Å². The Morgan fingerprint density at radius 3 is 2.44 bits per heavy atom. The Morgan fingerprint density at radius 2 is 1.89 bits per heavy atom. The summed E-state index contributed by atoms with van der Waals surface area (Å²) in [7, 11) is 0. The zero-order valence-corrected chi connectivity index (χ0v) is 11.8. The van der Waals surface area contributed by atoms with Gasteiger partial charge in [-0.3, -0.25) is 14.5 Å². The van der Waals surface area contributed by atoms with Gasteiger partial charge >= 0.3 is 5.97 Å². The Kier molecular flexibility index (Phi) is 6.49. The van der Waals surface area contributed by atoms with E-state index in [4.69, 9.17) is 5.11 Å². The second-order valence-electron chi connectivity index (χ2n) is 4.66. The minimum atomic E-state index is -0.925. The first-order chi connectivity index (χ1) is 8.52. The van der Waals surface area contributed by atoms with Crippen molar-refractivity contribution < 1.29 is 14.7 Å². The molecule has 6 heteroatoms. The van der Waals surface area contributed by atoms with Crippen LogP contribution in [-0.4, -0.2) is 59.6 Å². The van der Waals surface area contributed by atoms with Gasteiger partial charge in [-0.1, -0.05) is 13.8 Å². The molecule has 0 aromatic heterocycles. The van der Waals surface area contributed by atoms with Crippen molar-refractivity contribution in [3.8, 4) is 0 Å². The number of carbonyl (C=O) groups is 2. The monoisotopic (exact) mass is 274 g/mol. The van der Waals surface area contributed by atoms with Crippen LogP contribution in [0.5, 0.6) is 0 Å². The lowest BCUT2D eigenvalue weighted by molar-refractivity contribution is -0.146. The zero-order valence-electron chi connectivity index (χ0n) is 11.0. The van der Waals surface area contributed by atoms with Crippen LogP contribution in [0.15, 0.2) is 0 Å². The lowest BCUT2D eigenvalue weighted by Gasteiger charge is -2.26. The zero-order chi connectivity index (χ0) is 13.5. The van der Waals surface area contributed by atoms with Crippen molar-refractivity contribution in [2.45, 2.75) is 13.8 Å². The van der Waals surface area contributed by atoms with E-state index in [1.807, 2.05) is 11.8 Å². The number of nitrogens with one attached hydrogen (secondary N) is 1. The van der Waals surface area contributed by atoms with Gasteiger partial charge in [0.2, 0.25) is 5.91 Å². The Labute approximate surface area is 112 Å². The van der Waals surface area contributed by atoms with Gasteiger partial charge in [0.1, 0.15) is 0 Å². The maximum atomic E-state index is 11.7. The van der Waals surface area contributed by atoms with Crippen molar-refractivity contribution in [1.82, 2.24) is 10.2 Å². The van der Waals surface area contributed by atoms with Crippen LogP contribution >= 0.6 is 11.8 Å². The Bertz CT molecular complexity index is 293.